The van der Waals surface area contributed by atoms with E-state index in [9.17, 15) is 8.42 Å². The molecule has 0 aliphatic carbocycles. The van der Waals surface area contributed by atoms with E-state index in [4.69, 9.17) is 10.5 Å². The van der Waals surface area contributed by atoms with Crippen molar-refractivity contribution in [3.63, 3.8) is 0 Å². The summed E-state index contributed by atoms with van der Waals surface area (Å²) in [6, 6.07) is 7.57. The Balaban J connectivity index is 2.33. The first-order valence-electron chi connectivity index (χ1n) is 6.21. The highest BCUT2D eigenvalue weighted by molar-refractivity contribution is 7.91. The molecular formula is C13H20N2O3S. The van der Waals surface area contributed by atoms with Crippen LogP contribution in [0.15, 0.2) is 24.3 Å². The lowest BCUT2D eigenvalue weighted by atomic mass is 9.96. The standard InChI is InChI=1S/C13H20N2O3S/c1-15(11-4-3-5-12(8-11)18-2)13(9-14)6-7-19(16,17)10-13/h3-5,8H,6-7,9-10,14H2,1-2H3. The molecule has 1 fully saturated rings. The van der Waals surface area contributed by atoms with Crippen LogP contribution in [0.2, 0.25) is 0 Å². The molecule has 1 unspecified atom stereocenters. The second kappa shape index (κ2) is 5.02. The van der Waals surface area contributed by atoms with Gasteiger partial charge in [0.1, 0.15) is 5.75 Å². The molecule has 5 nitrogen and oxygen atoms in total. The number of hydrogen-bond acceptors (Lipinski definition) is 5. The van der Waals surface area contributed by atoms with E-state index in [1.165, 1.54) is 0 Å². The fourth-order valence-electron chi connectivity index (χ4n) is 2.55. The number of anilines is 1. The van der Waals surface area contributed by atoms with Crippen LogP contribution in [0.1, 0.15) is 6.42 Å². The molecule has 19 heavy (non-hydrogen) atoms. The van der Waals surface area contributed by atoms with Gasteiger partial charge in [-0.15, -0.1) is 0 Å². The largest absolute Gasteiger partial charge is 0.497 e. The van der Waals surface area contributed by atoms with Gasteiger partial charge in [-0.1, -0.05) is 6.07 Å². The van der Waals surface area contributed by atoms with Crippen molar-refractivity contribution in [1.29, 1.82) is 0 Å². The van der Waals surface area contributed by atoms with Gasteiger partial charge in [0.2, 0.25) is 0 Å². The summed E-state index contributed by atoms with van der Waals surface area (Å²) in [5, 5.41) is 0. The summed E-state index contributed by atoms with van der Waals surface area (Å²) in [7, 11) is 0.513. The molecule has 1 atom stereocenters. The number of rotatable bonds is 4. The Morgan fingerprint density at radius 2 is 2.21 bits per heavy atom. The molecule has 6 heteroatoms. The summed E-state index contributed by atoms with van der Waals surface area (Å²) in [5.74, 6) is 1.07. The first kappa shape index (κ1) is 14.1. The van der Waals surface area contributed by atoms with Crippen LogP contribution in [0.3, 0.4) is 0 Å². The number of sulfone groups is 1. The zero-order chi connectivity index (χ0) is 14.1. The summed E-state index contributed by atoms with van der Waals surface area (Å²) in [6.07, 6.45) is 0.569. The average Bonchev–Trinajstić information content (AvgIpc) is 2.75. The Morgan fingerprint density at radius 1 is 1.47 bits per heavy atom. The third-order valence-corrected chi connectivity index (χ3v) is 5.70. The highest BCUT2D eigenvalue weighted by Crippen LogP contribution is 2.33. The van der Waals surface area contributed by atoms with E-state index >= 15 is 0 Å². The van der Waals surface area contributed by atoms with E-state index in [0.29, 0.717) is 13.0 Å². The van der Waals surface area contributed by atoms with Crippen molar-refractivity contribution < 1.29 is 13.2 Å². The Bertz CT molecular complexity index is 559. The van der Waals surface area contributed by atoms with E-state index in [1.807, 2.05) is 36.2 Å². The van der Waals surface area contributed by atoms with Gasteiger partial charge in [-0.3, -0.25) is 0 Å². The molecule has 0 aromatic heterocycles. The van der Waals surface area contributed by atoms with Gasteiger partial charge in [-0.2, -0.15) is 0 Å². The molecule has 0 radical (unpaired) electrons. The first-order chi connectivity index (χ1) is 8.92. The number of likely N-dealkylation sites (N-methyl/N-ethyl adjacent to an activating group) is 1. The molecule has 1 heterocycles. The second-order valence-corrected chi connectivity index (χ2v) is 7.22. The Hall–Kier alpha value is -1.27. The molecule has 0 spiro atoms. The van der Waals surface area contributed by atoms with Crippen LogP contribution in [-0.2, 0) is 9.84 Å². The predicted molar refractivity (Wildman–Crippen MR) is 76.5 cm³/mol. The van der Waals surface area contributed by atoms with E-state index in [2.05, 4.69) is 0 Å². The quantitative estimate of drug-likeness (QED) is 0.879. The van der Waals surface area contributed by atoms with Crippen LogP contribution in [0.25, 0.3) is 0 Å². The zero-order valence-corrected chi connectivity index (χ0v) is 12.1. The lowest BCUT2D eigenvalue weighted by Crippen LogP contribution is -2.53. The van der Waals surface area contributed by atoms with Crippen LogP contribution in [-0.4, -0.2) is 46.2 Å². The van der Waals surface area contributed by atoms with Crippen molar-refractivity contribution in [3.8, 4) is 5.75 Å². The number of benzene rings is 1. The SMILES string of the molecule is COc1cccc(N(C)C2(CN)CCS(=O)(=O)C2)c1. The van der Waals surface area contributed by atoms with Gasteiger partial charge < -0.3 is 15.4 Å². The molecule has 0 saturated carbocycles. The van der Waals surface area contributed by atoms with Gasteiger partial charge in [-0.25, -0.2) is 8.42 Å². The topological polar surface area (TPSA) is 72.6 Å². The van der Waals surface area contributed by atoms with Crippen molar-refractivity contribution in [2.45, 2.75) is 12.0 Å². The minimum atomic E-state index is -2.99. The van der Waals surface area contributed by atoms with Crippen molar-refractivity contribution in [2.24, 2.45) is 5.73 Å². The number of nitrogens with two attached hydrogens (primary N) is 1. The van der Waals surface area contributed by atoms with Gasteiger partial charge in [0.05, 0.1) is 24.2 Å². The van der Waals surface area contributed by atoms with Gasteiger partial charge in [-0.05, 0) is 18.6 Å². The minimum absolute atomic E-state index is 0.115. The van der Waals surface area contributed by atoms with Gasteiger partial charge >= 0.3 is 0 Å². The Labute approximate surface area is 114 Å². The molecule has 2 rings (SSSR count). The van der Waals surface area contributed by atoms with Crippen LogP contribution >= 0.6 is 0 Å². The second-order valence-electron chi connectivity index (χ2n) is 5.03. The van der Waals surface area contributed by atoms with Gasteiger partial charge in [0.25, 0.3) is 0 Å². The summed E-state index contributed by atoms with van der Waals surface area (Å²) in [4.78, 5) is 1.97. The van der Waals surface area contributed by atoms with Crippen LogP contribution < -0.4 is 15.4 Å². The molecule has 1 aromatic rings. The summed E-state index contributed by atoms with van der Waals surface area (Å²) in [6.45, 7) is 0.319. The maximum atomic E-state index is 11.8. The molecule has 0 bridgehead atoms. The highest BCUT2D eigenvalue weighted by Gasteiger charge is 2.44. The van der Waals surface area contributed by atoms with Crippen LogP contribution in [0, 0.1) is 0 Å². The fraction of sp³-hybridized carbons (Fsp3) is 0.538. The summed E-state index contributed by atoms with van der Waals surface area (Å²) in [5.41, 5.74) is 6.27. The zero-order valence-electron chi connectivity index (χ0n) is 11.3. The van der Waals surface area contributed by atoms with Crippen molar-refractivity contribution in [3.05, 3.63) is 24.3 Å². The lowest BCUT2D eigenvalue weighted by molar-refractivity contribution is 0.413. The number of hydrogen-bond donors (Lipinski definition) is 1. The van der Waals surface area contributed by atoms with E-state index in [0.717, 1.165) is 11.4 Å². The monoisotopic (exact) mass is 284 g/mol. The molecule has 2 N–H and O–H groups in total. The Kier molecular flexibility index (Phi) is 3.73. The molecule has 106 valence electrons. The highest BCUT2D eigenvalue weighted by atomic mass is 32.2. The molecule has 1 saturated heterocycles. The van der Waals surface area contributed by atoms with E-state index in [-0.39, 0.29) is 11.5 Å². The van der Waals surface area contributed by atoms with Crippen molar-refractivity contribution >= 4 is 15.5 Å². The third kappa shape index (κ3) is 2.69. The smallest absolute Gasteiger partial charge is 0.152 e. The number of ether oxygens (including phenoxy) is 1. The molecule has 0 amide bonds. The first-order valence-corrected chi connectivity index (χ1v) is 8.03. The fourth-order valence-corrected chi connectivity index (χ4v) is 4.66. The van der Waals surface area contributed by atoms with Gasteiger partial charge in [0, 0.05) is 25.3 Å². The summed E-state index contributed by atoms with van der Waals surface area (Å²) >= 11 is 0. The maximum Gasteiger partial charge on any atom is 0.152 e. The molecule has 1 aliphatic rings. The van der Waals surface area contributed by atoms with Crippen molar-refractivity contribution in [2.75, 3.05) is 37.1 Å². The predicted octanol–water partition coefficient (Wildman–Crippen LogP) is 0.647. The maximum absolute atomic E-state index is 11.8. The molecule has 1 aliphatic heterocycles. The van der Waals surface area contributed by atoms with E-state index < -0.39 is 15.4 Å². The minimum Gasteiger partial charge on any atom is -0.497 e. The Morgan fingerprint density at radius 3 is 2.74 bits per heavy atom. The lowest BCUT2D eigenvalue weighted by Gasteiger charge is -2.38. The number of methoxy groups -OCH3 is 1. The van der Waals surface area contributed by atoms with Crippen molar-refractivity contribution in [1.82, 2.24) is 0 Å². The van der Waals surface area contributed by atoms with E-state index in [1.54, 1.807) is 7.11 Å². The molecular weight excluding hydrogens is 264 g/mol. The summed E-state index contributed by atoms with van der Waals surface area (Å²) < 4.78 is 28.7. The van der Waals surface area contributed by atoms with Crippen LogP contribution in [0.4, 0.5) is 5.69 Å². The van der Waals surface area contributed by atoms with Crippen LogP contribution in [0.5, 0.6) is 5.75 Å². The normalized spacial score (nSPS) is 25.2. The van der Waals surface area contributed by atoms with Gasteiger partial charge in [0.15, 0.2) is 9.84 Å². The molecule has 1 aromatic carbocycles. The number of nitrogens with zero attached hydrogens (tertiary/aromatic N) is 1. The third-order valence-electron chi connectivity index (χ3n) is 3.90. The average molecular weight is 284 g/mol.